The van der Waals surface area contributed by atoms with Gasteiger partial charge in [-0.1, -0.05) is 18.2 Å². The summed E-state index contributed by atoms with van der Waals surface area (Å²) in [5.74, 6) is -1.78. The molecule has 8 heteroatoms. The molecule has 0 bridgehead atoms. The smallest absolute Gasteiger partial charge is 0.409 e. The van der Waals surface area contributed by atoms with Gasteiger partial charge in [0.25, 0.3) is 0 Å². The monoisotopic (exact) mass is 393 g/mol. The number of nitrogens with one attached hydrogen (secondary N) is 2. The van der Waals surface area contributed by atoms with E-state index in [1.807, 2.05) is 6.07 Å². The number of carbonyl (C=O) groups excluding carboxylic acids is 2. The number of halogens is 1. The molecule has 0 unspecified atom stereocenters. The normalized spacial score (nSPS) is 10.2. The van der Waals surface area contributed by atoms with Crippen molar-refractivity contribution in [2.75, 3.05) is 10.6 Å². The number of ketones is 1. The van der Waals surface area contributed by atoms with Crippen LogP contribution < -0.4 is 10.6 Å². The molecule has 0 radical (unpaired) electrons. The predicted molar refractivity (Wildman–Crippen MR) is 105 cm³/mol. The quantitative estimate of drug-likeness (QED) is 0.430. The molecular formula is C21H16FN3O4. The van der Waals surface area contributed by atoms with Crippen LogP contribution in [0.5, 0.6) is 0 Å². The van der Waals surface area contributed by atoms with E-state index in [1.165, 1.54) is 6.07 Å². The molecule has 146 valence electrons. The van der Waals surface area contributed by atoms with Gasteiger partial charge in [0, 0.05) is 18.0 Å². The highest BCUT2D eigenvalue weighted by Crippen LogP contribution is 2.24. The maximum Gasteiger partial charge on any atom is 0.409 e. The Hall–Kier alpha value is -4.07. The average molecular weight is 393 g/mol. The number of hydrogen-bond acceptors (Lipinski definition) is 4. The van der Waals surface area contributed by atoms with E-state index in [4.69, 9.17) is 5.11 Å². The second kappa shape index (κ2) is 8.75. The Morgan fingerprint density at radius 2 is 1.66 bits per heavy atom. The first-order valence-electron chi connectivity index (χ1n) is 8.55. The molecule has 0 aliphatic rings. The molecule has 0 saturated carbocycles. The molecule has 0 aliphatic heterocycles. The number of hydrogen-bond donors (Lipinski definition) is 3. The minimum Gasteiger partial charge on any atom is -0.465 e. The molecule has 0 saturated heterocycles. The lowest BCUT2D eigenvalue weighted by molar-refractivity contribution is -0.115. The molecule has 3 rings (SSSR count). The summed E-state index contributed by atoms with van der Waals surface area (Å²) in [6.45, 7) is 0. The number of carboxylic acid groups (broad SMARTS) is 1. The van der Waals surface area contributed by atoms with Gasteiger partial charge < -0.3 is 10.4 Å². The maximum atomic E-state index is 13.5. The van der Waals surface area contributed by atoms with Gasteiger partial charge in [0.15, 0.2) is 5.78 Å². The van der Waals surface area contributed by atoms with Crippen molar-refractivity contribution in [1.82, 2.24) is 4.98 Å². The van der Waals surface area contributed by atoms with Gasteiger partial charge in [0.2, 0.25) is 5.91 Å². The summed E-state index contributed by atoms with van der Waals surface area (Å²) in [5, 5.41) is 13.3. The van der Waals surface area contributed by atoms with Crippen LogP contribution in [0.25, 0.3) is 11.1 Å². The van der Waals surface area contributed by atoms with Crippen LogP contribution in [-0.2, 0) is 4.79 Å². The molecule has 1 aromatic heterocycles. The van der Waals surface area contributed by atoms with Crippen LogP contribution in [0.15, 0.2) is 67.0 Å². The molecule has 29 heavy (non-hydrogen) atoms. The van der Waals surface area contributed by atoms with Gasteiger partial charge in [-0.15, -0.1) is 0 Å². The SMILES string of the molecule is O=C(O)Nc1ccc(F)cc1NC(=O)CC(=O)c1cccc(-c2ccncc2)c1. The van der Waals surface area contributed by atoms with E-state index in [0.29, 0.717) is 5.56 Å². The fraction of sp³-hybridized carbons (Fsp3) is 0.0476. The maximum absolute atomic E-state index is 13.5. The summed E-state index contributed by atoms with van der Waals surface area (Å²) in [6, 6.07) is 13.6. The van der Waals surface area contributed by atoms with Crippen molar-refractivity contribution in [3.63, 3.8) is 0 Å². The standard InChI is InChI=1S/C21H16FN3O4/c22-16-4-5-17(25-21(28)29)18(11-16)24-20(27)12-19(26)15-3-1-2-14(10-15)13-6-8-23-9-7-13/h1-11,25H,12H2,(H,24,27)(H,28,29). The number of carbonyl (C=O) groups is 3. The highest BCUT2D eigenvalue weighted by molar-refractivity contribution is 6.12. The van der Waals surface area contributed by atoms with Crippen LogP contribution in [0.1, 0.15) is 16.8 Å². The fourth-order valence-electron chi connectivity index (χ4n) is 2.70. The van der Waals surface area contributed by atoms with Gasteiger partial charge >= 0.3 is 6.09 Å². The summed E-state index contributed by atoms with van der Waals surface area (Å²) in [7, 11) is 0. The van der Waals surface area contributed by atoms with E-state index in [9.17, 15) is 18.8 Å². The number of pyridine rings is 1. The first-order chi connectivity index (χ1) is 13.9. The van der Waals surface area contributed by atoms with Crippen molar-refractivity contribution < 1.29 is 23.9 Å². The molecule has 0 aliphatic carbocycles. The van der Waals surface area contributed by atoms with E-state index < -0.39 is 30.0 Å². The molecular weight excluding hydrogens is 377 g/mol. The van der Waals surface area contributed by atoms with Crippen LogP contribution in [0.2, 0.25) is 0 Å². The number of rotatable bonds is 6. The topological polar surface area (TPSA) is 108 Å². The van der Waals surface area contributed by atoms with E-state index in [-0.39, 0.29) is 11.4 Å². The second-order valence-electron chi connectivity index (χ2n) is 6.08. The molecule has 0 spiro atoms. The lowest BCUT2D eigenvalue weighted by Crippen LogP contribution is -2.18. The van der Waals surface area contributed by atoms with Crippen LogP contribution in [0.4, 0.5) is 20.6 Å². The molecule has 1 heterocycles. The van der Waals surface area contributed by atoms with Crippen LogP contribution in [0, 0.1) is 5.82 Å². The summed E-state index contributed by atoms with van der Waals surface area (Å²) < 4.78 is 13.5. The van der Waals surface area contributed by atoms with Gasteiger partial charge in [-0.2, -0.15) is 0 Å². The molecule has 0 atom stereocenters. The Labute approximate surface area is 165 Å². The molecule has 3 N–H and O–H groups in total. The summed E-state index contributed by atoms with van der Waals surface area (Å²) in [6.07, 6.45) is 1.43. The zero-order valence-electron chi connectivity index (χ0n) is 15.1. The van der Waals surface area contributed by atoms with E-state index in [0.717, 1.165) is 23.3 Å². The predicted octanol–water partition coefficient (Wildman–Crippen LogP) is 4.19. The highest BCUT2D eigenvalue weighted by atomic mass is 19.1. The Kier molecular flexibility index (Phi) is 5.94. The first kappa shape index (κ1) is 19.7. The lowest BCUT2D eigenvalue weighted by Gasteiger charge is -2.11. The van der Waals surface area contributed by atoms with Crippen molar-refractivity contribution in [3.05, 3.63) is 78.4 Å². The van der Waals surface area contributed by atoms with Gasteiger partial charge in [-0.3, -0.25) is 19.9 Å². The zero-order valence-corrected chi connectivity index (χ0v) is 15.1. The summed E-state index contributed by atoms with van der Waals surface area (Å²) in [4.78, 5) is 39.5. The fourth-order valence-corrected chi connectivity index (χ4v) is 2.70. The number of Topliss-reactive ketones (excluding diaryl/α,β-unsaturated/α-hetero) is 1. The number of aromatic nitrogens is 1. The number of anilines is 2. The van der Waals surface area contributed by atoms with Gasteiger partial charge in [-0.05, 0) is 47.5 Å². The van der Waals surface area contributed by atoms with Gasteiger partial charge in [0.1, 0.15) is 5.82 Å². The zero-order chi connectivity index (χ0) is 20.8. The third-order valence-electron chi connectivity index (χ3n) is 4.02. The van der Waals surface area contributed by atoms with Crippen molar-refractivity contribution >= 4 is 29.2 Å². The third-order valence-corrected chi connectivity index (χ3v) is 4.02. The largest absolute Gasteiger partial charge is 0.465 e. The van der Waals surface area contributed by atoms with E-state index >= 15 is 0 Å². The lowest BCUT2D eigenvalue weighted by atomic mass is 10.0. The minimum absolute atomic E-state index is 0.000571. The molecule has 2 amide bonds. The minimum atomic E-state index is -1.36. The number of nitrogens with zero attached hydrogens (tertiary/aromatic N) is 1. The molecule has 3 aromatic rings. The van der Waals surface area contributed by atoms with Crippen molar-refractivity contribution in [2.24, 2.45) is 0 Å². The van der Waals surface area contributed by atoms with Crippen LogP contribution in [-0.4, -0.2) is 27.9 Å². The van der Waals surface area contributed by atoms with Crippen molar-refractivity contribution in [3.8, 4) is 11.1 Å². The molecule has 2 aromatic carbocycles. The Balaban J connectivity index is 1.73. The van der Waals surface area contributed by atoms with Crippen molar-refractivity contribution in [1.29, 1.82) is 0 Å². The van der Waals surface area contributed by atoms with Crippen molar-refractivity contribution in [2.45, 2.75) is 6.42 Å². The third kappa shape index (κ3) is 5.23. The first-order valence-corrected chi connectivity index (χ1v) is 8.55. The molecule has 0 fully saturated rings. The summed E-state index contributed by atoms with van der Waals surface area (Å²) in [5.41, 5.74) is 1.95. The average Bonchev–Trinajstić information content (AvgIpc) is 2.70. The van der Waals surface area contributed by atoms with Gasteiger partial charge in [-0.25, -0.2) is 9.18 Å². The highest BCUT2D eigenvalue weighted by Gasteiger charge is 2.15. The van der Waals surface area contributed by atoms with E-state index in [1.54, 1.807) is 42.7 Å². The van der Waals surface area contributed by atoms with Crippen LogP contribution >= 0.6 is 0 Å². The van der Waals surface area contributed by atoms with Crippen LogP contribution in [0.3, 0.4) is 0 Å². The Morgan fingerprint density at radius 1 is 0.897 bits per heavy atom. The Bertz CT molecular complexity index is 1070. The van der Waals surface area contributed by atoms with Gasteiger partial charge in [0.05, 0.1) is 17.8 Å². The van der Waals surface area contributed by atoms with E-state index in [2.05, 4.69) is 15.6 Å². The number of amides is 2. The summed E-state index contributed by atoms with van der Waals surface area (Å²) >= 11 is 0. The number of benzene rings is 2. The Morgan fingerprint density at radius 3 is 2.38 bits per heavy atom. The second-order valence-corrected chi connectivity index (χ2v) is 6.08. The molecule has 7 nitrogen and oxygen atoms in total.